The third kappa shape index (κ3) is 6.09. The van der Waals surface area contributed by atoms with Gasteiger partial charge in [-0.25, -0.2) is 0 Å². The number of amides is 1. The van der Waals surface area contributed by atoms with Gasteiger partial charge in [0, 0.05) is 25.1 Å². The minimum atomic E-state index is -0.0630. The summed E-state index contributed by atoms with van der Waals surface area (Å²) in [6.07, 6.45) is 1.15. The van der Waals surface area contributed by atoms with E-state index in [0.29, 0.717) is 12.5 Å². The van der Waals surface area contributed by atoms with Crippen LogP contribution in [-0.4, -0.2) is 25.1 Å². The molecule has 0 spiro atoms. The number of fused-ring (bicyclic) bond motifs is 1. The van der Waals surface area contributed by atoms with E-state index in [9.17, 15) is 4.79 Å². The van der Waals surface area contributed by atoms with Crippen molar-refractivity contribution < 1.29 is 9.53 Å². The largest absolute Gasteiger partial charge is 0.372 e. The molecule has 4 aromatic rings. The second kappa shape index (κ2) is 11.5. The number of halogens is 1. The second-order valence-corrected chi connectivity index (χ2v) is 9.02. The first-order valence-electron chi connectivity index (χ1n) is 11.9. The van der Waals surface area contributed by atoms with Crippen LogP contribution in [0.3, 0.4) is 0 Å². The zero-order chi connectivity index (χ0) is 23.3. The number of rotatable bonds is 6. The zero-order valence-corrected chi connectivity index (χ0v) is 20.7. The quantitative estimate of drug-likeness (QED) is 0.325. The van der Waals surface area contributed by atoms with Gasteiger partial charge in [0.15, 0.2) is 0 Å². The SMILES string of the molecule is CC(=O)Nc1cccc(-c2cccc([C@H]3CCNC[C@@H]3OCc3ccc4ccccc4c3)c2)c1.Cl. The van der Waals surface area contributed by atoms with E-state index in [1.54, 1.807) is 0 Å². The molecule has 0 unspecified atom stereocenters. The summed E-state index contributed by atoms with van der Waals surface area (Å²) < 4.78 is 6.48. The van der Waals surface area contributed by atoms with Crippen LogP contribution < -0.4 is 10.6 Å². The Bertz CT molecular complexity index is 1310. The predicted molar refractivity (Wildman–Crippen MR) is 146 cm³/mol. The molecule has 0 bridgehead atoms. The van der Waals surface area contributed by atoms with Gasteiger partial charge in [-0.1, -0.05) is 72.8 Å². The highest BCUT2D eigenvalue weighted by Gasteiger charge is 2.27. The molecule has 5 heteroatoms. The van der Waals surface area contributed by atoms with E-state index >= 15 is 0 Å². The highest BCUT2D eigenvalue weighted by molar-refractivity contribution is 5.89. The standard InChI is InChI=1S/C30H30N2O2.ClH/c1-21(33)32-28-11-5-9-26(18-28)25-8-4-10-27(17-25)29-14-15-31-19-30(29)34-20-22-12-13-23-6-2-3-7-24(23)16-22;/h2-13,16-18,29-31H,14-15,19-20H2,1H3,(H,32,33);1H/t29-,30+;/m1./s1. The number of carbonyl (C=O) groups is 1. The highest BCUT2D eigenvalue weighted by atomic mass is 35.5. The molecule has 0 saturated carbocycles. The Morgan fingerprint density at radius 2 is 1.69 bits per heavy atom. The lowest BCUT2D eigenvalue weighted by Gasteiger charge is -2.33. The van der Waals surface area contributed by atoms with Gasteiger partial charge in [-0.15, -0.1) is 12.4 Å². The van der Waals surface area contributed by atoms with Gasteiger partial charge in [-0.3, -0.25) is 4.79 Å². The maximum Gasteiger partial charge on any atom is 0.221 e. The summed E-state index contributed by atoms with van der Waals surface area (Å²) in [4.78, 5) is 11.5. The fourth-order valence-electron chi connectivity index (χ4n) is 4.85. The molecular weight excluding hydrogens is 456 g/mol. The zero-order valence-electron chi connectivity index (χ0n) is 19.9. The fraction of sp³-hybridized carbons (Fsp3) is 0.233. The van der Waals surface area contributed by atoms with Crippen molar-refractivity contribution in [1.82, 2.24) is 5.32 Å². The van der Waals surface area contributed by atoms with Crippen LogP contribution in [0.4, 0.5) is 5.69 Å². The summed E-state index contributed by atoms with van der Waals surface area (Å²) in [5.41, 5.74) is 5.56. The summed E-state index contributed by atoms with van der Waals surface area (Å²) in [5, 5.41) is 8.88. The Labute approximate surface area is 213 Å². The van der Waals surface area contributed by atoms with E-state index in [0.717, 1.165) is 36.3 Å². The average molecular weight is 487 g/mol. The summed E-state index contributed by atoms with van der Waals surface area (Å²) in [5.74, 6) is 0.271. The summed E-state index contributed by atoms with van der Waals surface area (Å²) in [6.45, 7) is 3.97. The van der Waals surface area contributed by atoms with Crippen molar-refractivity contribution in [3.05, 3.63) is 102 Å². The highest BCUT2D eigenvalue weighted by Crippen LogP contribution is 2.32. The van der Waals surface area contributed by atoms with Gasteiger partial charge < -0.3 is 15.4 Å². The number of hydrogen-bond donors (Lipinski definition) is 2. The first-order valence-corrected chi connectivity index (χ1v) is 11.9. The molecule has 1 heterocycles. The van der Waals surface area contributed by atoms with Crippen molar-refractivity contribution in [2.24, 2.45) is 0 Å². The average Bonchev–Trinajstić information content (AvgIpc) is 2.87. The molecule has 5 rings (SSSR count). The number of anilines is 1. The third-order valence-electron chi connectivity index (χ3n) is 6.54. The topological polar surface area (TPSA) is 50.4 Å². The second-order valence-electron chi connectivity index (χ2n) is 9.02. The van der Waals surface area contributed by atoms with Crippen molar-refractivity contribution >= 4 is 34.8 Å². The Hall–Kier alpha value is -3.18. The minimum absolute atomic E-state index is 0. The molecule has 4 nitrogen and oxygen atoms in total. The van der Waals surface area contributed by atoms with Crippen LogP contribution in [0.5, 0.6) is 0 Å². The molecular formula is C30H31ClN2O2. The van der Waals surface area contributed by atoms with Crippen molar-refractivity contribution in [3.63, 3.8) is 0 Å². The summed E-state index contributed by atoms with van der Waals surface area (Å²) >= 11 is 0. The number of piperidine rings is 1. The maximum atomic E-state index is 11.5. The molecule has 35 heavy (non-hydrogen) atoms. The number of carbonyl (C=O) groups excluding carboxylic acids is 1. The number of benzene rings is 4. The lowest BCUT2D eigenvalue weighted by atomic mass is 9.86. The van der Waals surface area contributed by atoms with Crippen LogP contribution in [0.2, 0.25) is 0 Å². The molecule has 0 aliphatic carbocycles. The van der Waals surface area contributed by atoms with Crippen LogP contribution in [0, 0.1) is 0 Å². The Balaban J connectivity index is 0.00000289. The first-order chi connectivity index (χ1) is 16.7. The van der Waals surface area contributed by atoms with Gasteiger partial charge in [0.1, 0.15) is 0 Å². The van der Waals surface area contributed by atoms with Crippen molar-refractivity contribution in [1.29, 1.82) is 0 Å². The molecule has 1 aliphatic rings. The molecule has 180 valence electrons. The third-order valence-corrected chi connectivity index (χ3v) is 6.54. The molecule has 1 amide bonds. The van der Waals surface area contributed by atoms with E-state index in [1.165, 1.54) is 28.8 Å². The predicted octanol–water partition coefficient (Wildman–Crippen LogP) is 6.55. The molecule has 1 saturated heterocycles. The normalized spacial score (nSPS) is 17.5. The van der Waals surface area contributed by atoms with Gasteiger partial charge >= 0.3 is 0 Å². The molecule has 2 N–H and O–H groups in total. The summed E-state index contributed by atoms with van der Waals surface area (Å²) in [6, 6.07) is 31.7. The Morgan fingerprint density at radius 1 is 0.914 bits per heavy atom. The van der Waals surface area contributed by atoms with Gasteiger partial charge in [0.05, 0.1) is 12.7 Å². The lowest BCUT2D eigenvalue weighted by Crippen LogP contribution is -2.41. The molecule has 0 radical (unpaired) electrons. The van der Waals surface area contributed by atoms with Crippen LogP contribution in [-0.2, 0) is 16.1 Å². The summed E-state index contributed by atoms with van der Waals surface area (Å²) in [7, 11) is 0. The van der Waals surface area contributed by atoms with E-state index in [2.05, 4.69) is 83.4 Å². The monoisotopic (exact) mass is 486 g/mol. The molecule has 2 atom stereocenters. The van der Waals surface area contributed by atoms with Crippen LogP contribution in [0.15, 0.2) is 91.0 Å². The van der Waals surface area contributed by atoms with Gasteiger partial charge in [0.2, 0.25) is 5.91 Å². The van der Waals surface area contributed by atoms with E-state index in [-0.39, 0.29) is 24.4 Å². The van der Waals surface area contributed by atoms with Crippen LogP contribution in [0.25, 0.3) is 21.9 Å². The van der Waals surface area contributed by atoms with Crippen molar-refractivity contribution in [3.8, 4) is 11.1 Å². The van der Waals surface area contributed by atoms with Gasteiger partial charge in [-0.2, -0.15) is 0 Å². The van der Waals surface area contributed by atoms with Crippen LogP contribution in [0.1, 0.15) is 30.4 Å². The van der Waals surface area contributed by atoms with Crippen molar-refractivity contribution in [2.45, 2.75) is 32.0 Å². The Morgan fingerprint density at radius 3 is 2.51 bits per heavy atom. The van der Waals surface area contributed by atoms with Crippen molar-refractivity contribution in [2.75, 3.05) is 18.4 Å². The molecule has 4 aromatic carbocycles. The van der Waals surface area contributed by atoms with Gasteiger partial charge in [0.25, 0.3) is 0 Å². The minimum Gasteiger partial charge on any atom is -0.372 e. The number of nitrogens with one attached hydrogen (secondary N) is 2. The van der Waals surface area contributed by atoms with E-state index < -0.39 is 0 Å². The first kappa shape index (κ1) is 24.9. The Kier molecular flexibility index (Phi) is 8.19. The molecule has 1 fully saturated rings. The smallest absolute Gasteiger partial charge is 0.221 e. The fourth-order valence-corrected chi connectivity index (χ4v) is 4.85. The number of hydrogen-bond acceptors (Lipinski definition) is 3. The van der Waals surface area contributed by atoms with Crippen LogP contribution >= 0.6 is 12.4 Å². The molecule has 1 aliphatic heterocycles. The maximum absolute atomic E-state index is 11.5. The van der Waals surface area contributed by atoms with E-state index in [1.807, 2.05) is 18.2 Å². The molecule has 0 aromatic heterocycles. The van der Waals surface area contributed by atoms with Gasteiger partial charge in [-0.05, 0) is 64.2 Å². The number of ether oxygens (including phenoxy) is 1. The van der Waals surface area contributed by atoms with E-state index in [4.69, 9.17) is 4.74 Å². The lowest BCUT2D eigenvalue weighted by molar-refractivity contribution is -0.114.